The fraction of sp³-hybridized carbons (Fsp3) is 0.150. The number of ether oxygens (including phenoxy) is 1. The van der Waals surface area contributed by atoms with Crippen LogP contribution in [0.15, 0.2) is 48.1 Å². The molecule has 28 heavy (non-hydrogen) atoms. The summed E-state index contributed by atoms with van der Waals surface area (Å²) in [5.41, 5.74) is 8.59. The minimum atomic E-state index is -0.527. The van der Waals surface area contributed by atoms with Gasteiger partial charge in [-0.05, 0) is 42.1 Å². The van der Waals surface area contributed by atoms with Crippen LogP contribution in [0.4, 0.5) is 5.82 Å². The van der Waals surface area contributed by atoms with Crippen molar-refractivity contribution in [2.24, 2.45) is 5.73 Å². The van der Waals surface area contributed by atoms with Gasteiger partial charge >= 0.3 is 0 Å². The number of fused-ring (bicyclic) bond motifs is 1. The standard InChI is InChI=1S/C20H19N5O2S/c1-12-8-15-16(9-17(12)27-2)25(11-23-15)18-6-5-14(19(21)26)20(24-18)22-10-13-4-3-7-28-13/h3-9,11H,10H2,1-2H3,(H2,21,26)(H,22,24). The predicted molar refractivity (Wildman–Crippen MR) is 110 cm³/mol. The number of amides is 1. The van der Waals surface area contributed by atoms with Crippen LogP contribution in [0, 0.1) is 6.92 Å². The van der Waals surface area contributed by atoms with Crippen molar-refractivity contribution in [1.29, 1.82) is 0 Å². The van der Waals surface area contributed by atoms with Crippen molar-refractivity contribution >= 4 is 34.1 Å². The lowest BCUT2D eigenvalue weighted by Gasteiger charge is -2.12. The minimum absolute atomic E-state index is 0.346. The van der Waals surface area contributed by atoms with Gasteiger partial charge in [-0.1, -0.05) is 6.07 Å². The molecule has 0 saturated heterocycles. The molecule has 1 aromatic carbocycles. The Balaban J connectivity index is 1.76. The highest BCUT2D eigenvalue weighted by molar-refractivity contribution is 7.09. The molecule has 0 bridgehead atoms. The summed E-state index contributed by atoms with van der Waals surface area (Å²) in [5, 5.41) is 5.22. The summed E-state index contributed by atoms with van der Waals surface area (Å²) in [6.45, 7) is 2.54. The molecule has 0 aliphatic carbocycles. The molecule has 3 N–H and O–H groups in total. The Morgan fingerprint density at radius 1 is 1.32 bits per heavy atom. The molecule has 0 aliphatic heterocycles. The van der Waals surface area contributed by atoms with Crippen molar-refractivity contribution < 1.29 is 9.53 Å². The fourth-order valence-electron chi connectivity index (χ4n) is 3.04. The van der Waals surface area contributed by atoms with Crippen LogP contribution in [0.2, 0.25) is 0 Å². The lowest BCUT2D eigenvalue weighted by Crippen LogP contribution is -2.16. The van der Waals surface area contributed by atoms with Crippen molar-refractivity contribution in [2.75, 3.05) is 12.4 Å². The highest BCUT2D eigenvalue weighted by Gasteiger charge is 2.14. The second-order valence-electron chi connectivity index (χ2n) is 6.29. The monoisotopic (exact) mass is 393 g/mol. The average Bonchev–Trinajstić information content (AvgIpc) is 3.34. The Morgan fingerprint density at radius 3 is 2.89 bits per heavy atom. The molecule has 0 unspecified atom stereocenters. The van der Waals surface area contributed by atoms with Gasteiger partial charge in [0, 0.05) is 10.9 Å². The normalized spacial score (nSPS) is 10.9. The number of benzene rings is 1. The fourth-order valence-corrected chi connectivity index (χ4v) is 3.69. The lowest BCUT2D eigenvalue weighted by molar-refractivity contribution is 0.100. The summed E-state index contributed by atoms with van der Waals surface area (Å²) >= 11 is 1.63. The van der Waals surface area contributed by atoms with Gasteiger partial charge in [-0.3, -0.25) is 9.36 Å². The van der Waals surface area contributed by atoms with E-state index in [1.54, 1.807) is 36.9 Å². The number of methoxy groups -OCH3 is 1. The quantitative estimate of drug-likeness (QED) is 0.523. The molecule has 0 aliphatic rings. The van der Waals surface area contributed by atoms with E-state index in [2.05, 4.69) is 15.3 Å². The van der Waals surface area contributed by atoms with Gasteiger partial charge in [0.25, 0.3) is 5.91 Å². The van der Waals surface area contributed by atoms with Crippen LogP contribution in [-0.2, 0) is 6.54 Å². The van der Waals surface area contributed by atoms with Crippen LogP contribution < -0.4 is 15.8 Å². The number of primary amides is 1. The number of rotatable bonds is 6. The largest absolute Gasteiger partial charge is 0.496 e. The number of imidazole rings is 1. The summed E-state index contributed by atoms with van der Waals surface area (Å²) in [5.74, 6) is 1.32. The van der Waals surface area contributed by atoms with Gasteiger partial charge in [0.1, 0.15) is 23.7 Å². The Hall–Kier alpha value is -3.39. The number of carbonyl (C=O) groups excluding carboxylic acids is 1. The Bertz CT molecular complexity index is 1150. The molecule has 0 saturated carbocycles. The van der Waals surface area contributed by atoms with E-state index in [1.165, 1.54) is 0 Å². The number of aromatic nitrogens is 3. The molecule has 7 nitrogen and oxygen atoms in total. The van der Waals surface area contributed by atoms with Gasteiger partial charge < -0.3 is 15.8 Å². The summed E-state index contributed by atoms with van der Waals surface area (Å²) in [7, 11) is 1.64. The zero-order valence-electron chi connectivity index (χ0n) is 15.5. The van der Waals surface area contributed by atoms with Crippen LogP contribution in [0.1, 0.15) is 20.8 Å². The molecule has 3 aromatic heterocycles. The molecule has 3 heterocycles. The molecular formula is C20H19N5O2S. The van der Waals surface area contributed by atoms with Crippen LogP contribution in [-0.4, -0.2) is 27.6 Å². The summed E-state index contributed by atoms with van der Waals surface area (Å²) in [6, 6.07) is 11.3. The molecule has 8 heteroatoms. The number of pyridine rings is 1. The minimum Gasteiger partial charge on any atom is -0.496 e. The number of carbonyl (C=O) groups is 1. The van der Waals surface area contributed by atoms with Crippen LogP contribution >= 0.6 is 11.3 Å². The Kier molecular flexibility index (Phi) is 4.70. The van der Waals surface area contributed by atoms with E-state index in [9.17, 15) is 4.79 Å². The Morgan fingerprint density at radius 2 is 2.18 bits per heavy atom. The molecular weight excluding hydrogens is 374 g/mol. The number of anilines is 1. The topological polar surface area (TPSA) is 95.1 Å². The smallest absolute Gasteiger partial charge is 0.252 e. The SMILES string of the molecule is COc1cc2c(cc1C)ncn2-c1ccc(C(N)=O)c(NCc2cccs2)n1. The van der Waals surface area contributed by atoms with E-state index in [-0.39, 0.29) is 0 Å². The maximum atomic E-state index is 11.8. The average molecular weight is 393 g/mol. The van der Waals surface area contributed by atoms with Gasteiger partial charge in [-0.15, -0.1) is 11.3 Å². The first kappa shape index (κ1) is 18.0. The van der Waals surface area contributed by atoms with Gasteiger partial charge in [-0.2, -0.15) is 0 Å². The number of aryl methyl sites for hydroxylation is 1. The molecule has 0 fully saturated rings. The number of hydrogen-bond donors (Lipinski definition) is 2. The van der Waals surface area contributed by atoms with E-state index >= 15 is 0 Å². The van der Waals surface area contributed by atoms with Crippen molar-refractivity contribution in [3.05, 3.63) is 64.1 Å². The highest BCUT2D eigenvalue weighted by atomic mass is 32.1. The zero-order valence-corrected chi connectivity index (χ0v) is 16.3. The number of nitrogens with zero attached hydrogens (tertiary/aromatic N) is 3. The zero-order chi connectivity index (χ0) is 19.7. The van der Waals surface area contributed by atoms with Gasteiger partial charge in [0.15, 0.2) is 0 Å². The molecule has 4 aromatic rings. The van der Waals surface area contributed by atoms with E-state index < -0.39 is 5.91 Å². The second-order valence-corrected chi connectivity index (χ2v) is 7.32. The molecule has 0 radical (unpaired) electrons. The first-order valence-corrected chi connectivity index (χ1v) is 9.54. The third-order valence-electron chi connectivity index (χ3n) is 4.47. The van der Waals surface area contributed by atoms with Crippen LogP contribution in [0.25, 0.3) is 16.9 Å². The Labute approximate surface area is 165 Å². The van der Waals surface area contributed by atoms with Crippen LogP contribution in [0.3, 0.4) is 0 Å². The third kappa shape index (κ3) is 3.29. The van der Waals surface area contributed by atoms with Crippen LogP contribution in [0.5, 0.6) is 5.75 Å². The van der Waals surface area contributed by atoms with Gasteiger partial charge in [-0.25, -0.2) is 9.97 Å². The summed E-state index contributed by atoms with van der Waals surface area (Å²) in [4.78, 5) is 22.1. The highest BCUT2D eigenvalue weighted by Crippen LogP contribution is 2.27. The number of nitrogens with two attached hydrogens (primary N) is 1. The first-order valence-electron chi connectivity index (χ1n) is 8.66. The van der Waals surface area contributed by atoms with E-state index in [0.29, 0.717) is 23.7 Å². The number of hydrogen-bond acceptors (Lipinski definition) is 6. The van der Waals surface area contributed by atoms with Crippen molar-refractivity contribution in [2.45, 2.75) is 13.5 Å². The third-order valence-corrected chi connectivity index (χ3v) is 5.34. The molecule has 4 rings (SSSR count). The maximum Gasteiger partial charge on any atom is 0.252 e. The molecule has 1 amide bonds. The second kappa shape index (κ2) is 7.32. The molecule has 0 atom stereocenters. The summed E-state index contributed by atoms with van der Waals surface area (Å²) < 4.78 is 7.29. The van der Waals surface area contributed by atoms with E-state index in [4.69, 9.17) is 10.5 Å². The number of thiophene rings is 1. The van der Waals surface area contributed by atoms with Crippen molar-refractivity contribution in [3.63, 3.8) is 0 Å². The van der Waals surface area contributed by atoms with E-state index in [1.807, 2.05) is 41.1 Å². The van der Waals surface area contributed by atoms with Crippen molar-refractivity contribution in [1.82, 2.24) is 14.5 Å². The first-order chi connectivity index (χ1) is 13.6. The van der Waals surface area contributed by atoms with Gasteiger partial charge in [0.2, 0.25) is 0 Å². The number of nitrogens with one attached hydrogen (secondary N) is 1. The summed E-state index contributed by atoms with van der Waals surface area (Å²) in [6.07, 6.45) is 1.71. The van der Waals surface area contributed by atoms with Crippen molar-refractivity contribution in [3.8, 4) is 11.6 Å². The molecule has 0 spiro atoms. The molecule has 142 valence electrons. The lowest BCUT2D eigenvalue weighted by atomic mass is 10.2. The predicted octanol–water partition coefficient (Wildman–Crippen LogP) is 3.51. The van der Waals surface area contributed by atoms with E-state index in [0.717, 1.165) is 27.2 Å². The van der Waals surface area contributed by atoms with Gasteiger partial charge in [0.05, 0.1) is 30.3 Å². The maximum absolute atomic E-state index is 11.8.